The lowest BCUT2D eigenvalue weighted by atomic mass is 10.1. The molecule has 126 valence electrons. The van der Waals surface area contributed by atoms with Gasteiger partial charge < -0.3 is 16.0 Å². The first-order valence-corrected chi connectivity index (χ1v) is 8.78. The van der Waals surface area contributed by atoms with Crippen LogP contribution in [0.25, 0.3) is 0 Å². The third-order valence-corrected chi connectivity index (χ3v) is 4.54. The number of amides is 2. The molecule has 0 saturated carbocycles. The van der Waals surface area contributed by atoms with E-state index in [9.17, 15) is 18.0 Å². The highest BCUT2D eigenvalue weighted by Crippen LogP contribution is 2.26. The van der Waals surface area contributed by atoms with Crippen molar-refractivity contribution in [1.82, 2.24) is 5.32 Å². The molecule has 23 heavy (non-hydrogen) atoms. The van der Waals surface area contributed by atoms with Gasteiger partial charge in [0, 0.05) is 25.2 Å². The van der Waals surface area contributed by atoms with Gasteiger partial charge in [0.05, 0.1) is 10.8 Å². The van der Waals surface area contributed by atoms with Gasteiger partial charge in [0.25, 0.3) is 0 Å². The summed E-state index contributed by atoms with van der Waals surface area (Å²) < 4.78 is 22.8. The van der Waals surface area contributed by atoms with Gasteiger partial charge in [-0.3, -0.25) is 9.59 Å². The SMILES string of the molecule is NCCCNC(=O)C1CC(=O)N(c2cccc(S(N)(=O)=O)c2)C1. The van der Waals surface area contributed by atoms with Crippen LogP contribution in [0, 0.1) is 5.92 Å². The summed E-state index contributed by atoms with van der Waals surface area (Å²) in [5.74, 6) is -0.883. The number of carbonyl (C=O) groups is 2. The molecule has 0 bridgehead atoms. The van der Waals surface area contributed by atoms with Crippen molar-refractivity contribution in [3.05, 3.63) is 24.3 Å². The fraction of sp³-hybridized carbons (Fsp3) is 0.429. The number of nitrogens with zero attached hydrogens (tertiary/aromatic N) is 1. The maximum Gasteiger partial charge on any atom is 0.238 e. The van der Waals surface area contributed by atoms with E-state index < -0.39 is 15.9 Å². The van der Waals surface area contributed by atoms with Crippen LogP contribution < -0.4 is 21.1 Å². The maximum atomic E-state index is 12.1. The molecule has 5 N–H and O–H groups in total. The Balaban J connectivity index is 2.10. The van der Waals surface area contributed by atoms with Gasteiger partial charge >= 0.3 is 0 Å². The van der Waals surface area contributed by atoms with E-state index >= 15 is 0 Å². The van der Waals surface area contributed by atoms with E-state index in [-0.39, 0.29) is 29.7 Å². The standard InChI is InChI=1S/C14H20N4O4S/c15-5-2-6-17-14(20)10-7-13(19)18(9-10)11-3-1-4-12(8-11)23(16,21)22/h1,3-4,8,10H,2,5-7,9,15H2,(H,17,20)(H2,16,21,22). The number of sulfonamides is 1. The number of benzene rings is 1. The highest BCUT2D eigenvalue weighted by atomic mass is 32.2. The molecule has 1 fully saturated rings. The molecular weight excluding hydrogens is 320 g/mol. The second-order valence-electron chi connectivity index (χ2n) is 5.38. The third kappa shape index (κ3) is 4.27. The summed E-state index contributed by atoms with van der Waals surface area (Å²) in [6, 6.07) is 5.82. The third-order valence-electron chi connectivity index (χ3n) is 3.63. The number of nitrogens with one attached hydrogen (secondary N) is 1. The Kier molecular flexibility index (Phi) is 5.34. The van der Waals surface area contributed by atoms with Crippen LogP contribution in [-0.4, -0.2) is 39.9 Å². The molecule has 1 saturated heterocycles. The van der Waals surface area contributed by atoms with E-state index in [2.05, 4.69) is 5.32 Å². The van der Waals surface area contributed by atoms with E-state index in [1.165, 1.54) is 23.1 Å². The summed E-state index contributed by atoms with van der Waals surface area (Å²) >= 11 is 0. The topological polar surface area (TPSA) is 136 Å². The van der Waals surface area contributed by atoms with Gasteiger partial charge in [-0.05, 0) is 31.2 Å². The highest BCUT2D eigenvalue weighted by Gasteiger charge is 2.35. The van der Waals surface area contributed by atoms with Crippen LogP contribution in [0.5, 0.6) is 0 Å². The average Bonchev–Trinajstić information content (AvgIpc) is 2.89. The maximum absolute atomic E-state index is 12.1. The number of hydrogen-bond donors (Lipinski definition) is 3. The Morgan fingerprint density at radius 3 is 2.78 bits per heavy atom. The smallest absolute Gasteiger partial charge is 0.238 e. The van der Waals surface area contributed by atoms with E-state index in [0.717, 1.165) is 0 Å². The Morgan fingerprint density at radius 2 is 2.13 bits per heavy atom. The molecule has 0 spiro atoms. The Labute approximate surface area is 134 Å². The van der Waals surface area contributed by atoms with Crippen molar-refractivity contribution < 1.29 is 18.0 Å². The lowest BCUT2D eigenvalue weighted by molar-refractivity contribution is -0.126. The zero-order chi connectivity index (χ0) is 17.0. The van der Waals surface area contributed by atoms with E-state index in [4.69, 9.17) is 10.9 Å². The van der Waals surface area contributed by atoms with Crippen molar-refractivity contribution in [3.63, 3.8) is 0 Å². The predicted octanol–water partition coefficient (Wildman–Crippen LogP) is -0.848. The molecule has 0 radical (unpaired) electrons. The first-order valence-electron chi connectivity index (χ1n) is 7.24. The summed E-state index contributed by atoms with van der Waals surface area (Å²) in [6.07, 6.45) is 0.764. The van der Waals surface area contributed by atoms with E-state index in [1.54, 1.807) is 6.07 Å². The van der Waals surface area contributed by atoms with E-state index in [1.807, 2.05) is 0 Å². The summed E-state index contributed by atoms with van der Waals surface area (Å²) in [7, 11) is -3.85. The van der Waals surface area contributed by atoms with Crippen LogP contribution in [0.15, 0.2) is 29.2 Å². The van der Waals surface area contributed by atoms with Gasteiger partial charge in [-0.2, -0.15) is 0 Å². The Bertz CT molecular complexity index is 704. The molecule has 2 rings (SSSR count). The summed E-state index contributed by atoms with van der Waals surface area (Å²) in [5.41, 5.74) is 5.78. The van der Waals surface area contributed by atoms with E-state index in [0.29, 0.717) is 25.2 Å². The first kappa shape index (κ1) is 17.4. The summed E-state index contributed by atoms with van der Waals surface area (Å²) in [6.45, 7) is 1.17. The van der Waals surface area contributed by atoms with Crippen molar-refractivity contribution in [2.75, 3.05) is 24.5 Å². The number of rotatable bonds is 6. The van der Waals surface area contributed by atoms with Crippen LogP contribution in [-0.2, 0) is 19.6 Å². The van der Waals surface area contributed by atoms with Gasteiger partial charge in [0.2, 0.25) is 21.8 Å². The van der Waals surface area contributed by atoms with Crippen LogP contribution in [0.1, 0.15) is 12.8 Å². The van der Waals surface area contributed by atoms with Crippen LogP contribution in [0.4, 0.5) is 5.69 Å². The van der Waals surface area contributed by atoms with Crippen molar-refractivity contribution in [2.24, 2.45) is 16.8 Å². The fourth-order valence-electron chi connectivity index (χ4n) is 2.42. The molecule has 2 amide bonds. The molecule has 1 aliphatic rings. The molecular formula is C14H20N4O4S. The monoisotopic (exact) mass is 340 g/mol. The molecule has 9 heteroatoms. The molecule has 1 aromatic carbocycles. The van der Waals surface area contributed by atoms with Crippen molar-refractivity contribution >= 4 is 27.5 Å². The molecule has 1 atom stereocenters. The second kappa shape index (κ2) is 7.07. The van der Waals surface area contributed by atoms with Crippen LogP contribution >= 0.6 is 0 Å². The molecule has 1 aliphatic heterocycles. The largest absolute Gasteiger partial charge is 0.356 e. The summed E-state index contributed by atoms with van der Waals surface area (Å²) in [5, 5.41) is 7.84. The summed E-state index contributed by atoms with van der Waals surface area (Å²) in [4.78, 5) is 25.5. The van der Waals surface area contributed by atoms with Gasteiger partial charge in [0.15, 0.2) is 0 Å². The van der Waals surface area contributed by atoms with Gasteiger partial charge in [0.1, 0.15) is 0 Å². The van der Waals surface area contributed by atoms with Crippen LogP contribution in [0.2, 0.25) is 0 Å². The molecule has 0 aliphatic carbocycles. The number of hydrogen-bond acceptors (Lipinski definition) is 5. The van der Waals surface area contributed by atoms with Gasteiger partial charge in [-0.25, -0.2) is 13.6 Å². The van der Waals surface area contributed by atoms with Gasteiger partial charge in [-0.15, -0.1) is 0 Å². The minimum Gasteiger partial charge on any atom is -0.356 e. The predicted molar refractivity (Wildman–Crippen MR) is 85.0 cm³/mol. The number of carbonyl (C=O) groups excluding carboxylic acids is 2. The number of primary sulfonamides is 1. The lowest BCUT2D eigenvalue weighted by Gasteiger charge is -2.17. The molecule has 1 aromatic rings. The Hall–Kier alpha value is -1.97. The average molecular weight is 340 g/mol. The zero-order valence-electron chi connectivity index (χ0n) is 12.6. The number of anilines is 1. The second-order valence-corrected chi connectivity index (χ2v) is 6.94. The van der Waals surface area contributed by atoms with Crippen molar-refractivity contribution in [2.45, 2.75) is 17.7 Å². The molecule has 8 nitrogen and oxygen atoms in total. The normalized spacial score (nSPS) is 18.3. The fourth-order valence-corrected chi connectivity index (χ4v) is 2.97. The molecule has 1 unspecified atom stereocenters. The first-order chi connectivity index (χ1) is 10.8. The van der Waals surface area contributed by atoms with Gasteiger partial charge in [-0.1, -0.05) is 6.07 Å². The zero-order valence-corrected chi connectivity index (χ0v) is 13.4. The minimum atomic E-state index is -3.85. The van der Waals surface area contributed by atoms with Crippen molar-refractivity contribution in [3.8, 4) is 0 Å². The van der Waals surface area contributed by atoms with Crippen molar-refractivity contribution in [1.29, 1.82) is 0 Å². The minimum absolute atomic E-state index is 0.0707. The lowest BCUT2D eigenvalue weighted by Crippen LogP contribution is -2.34. The quantitative estimate of drug-likeness (QED) is 0.580. The Morgan fingerprint density at radius 1 is 1.39 bits per heavy atom. The molecule has 0 aromatic heterocycles. The van der Waals surface area contributed by atoms with Crippen LogP contribution in [0.3, 0.4) is 0 Å². The highest BCUT2D eigenvalue weighted by molar-refractivity contribution is 7.89. The number of nitrogens with two attached hydrogens (primary N) is 2. The molecule has 1 heterocycles.